The molecule has 12 heteroatoms. The van der Waals surface area contributed by atoms with Gasteiger partial charge in [0.1, 0.15) is 6.54 Å². The second-order valence-electron chi connectivity index (χ2n) is 3.03. The average Bonchev–Trinajstić information content (AvgIpc) is 2.81. The van der Waals surface area contributed by atoms with Gasteiger partial charge < -0.3 is 9.73 Å². The van der Waals surface area contributed by atoms with Crippen LogP contribution in [-0.4, -0.2) is 25.1 Å². The third-order valence-corrected chi connectivity index (χ3v) is 2.09. The number of hydrogen-bond donors (Lipinski definition) is 1. The quantitative estimate of drug-likeness (QED) is 0.506. The fourth-order valence-corrected chi connectivity index (χ4v) is 1.44. The molecule has 0 aliphatic heterocycles. The van der Waals surface area contributed by atoms with E-state index in [1.165, 1.54) is 0 Å². The Morgan fingerprint density at radius 3 is 2.53 bits per heavy atom. The van der Waals surface area contributed by atoms with Gasteiger partial charge in [0.2, 0.25) is 28.3 Å². The predicted molar refractivity (Wildman–Crippen MR) is 64.3 cm³/mol. The maximum atomic E-state index is 8.15. The molecule has 0 unspecified atom stereocenters. The molecule has 0 amide bonds. The standard InChI is InChI=1S/C7H5Cl2N9O/c8-5-13-6(9)15-7(14-5)11-1-3-16-17-4(19-3)2-12-18-10/h1-2H2,(H,11,13,14,15). The summed E-state index contributed by atoms with van der Waals surface area (Å²) in [7, 11) is 0. The maximum absolute atomic E-state index is 8.15. The van der Waals surface area contributed by atoms with E-state index >= 15 is 0 Å². The summed E-state index contributed by atoms with van der Waals surface area (Å²) in [6.45, 7) is 0.160. The van der Waals surface area contributed by atoms with E-state index in [0.29, 0.717) is 0 Å². The first-order valence-electron chi connectivity index (χ1n) is 4.80. The fraction of sp³-hybridized carbons (Fsp3) is 0.286. The first-order valence-corrected chi connectivity index (χ1v) is 5.56. The van der Waals surface area contributed by atoms with E-state index in [9.17, 15) is 0 Å². The van der Waals surface area contributed by atoms with Crippen molar-refractivity contribution in [3.8, 4) is 0 Å². The number of hydrogen-bond acceptors (Lipinski definition) is 8. The van der Waals surface area contributed by atoms with Crippen LogP contribution in [0.2, 0.25) is 10.6 Å². The number of anilines is 1. The Balaban J connectivity index is 1.98. The van der Waals surface area contributed by atoms with Gasteiger partial charge in [-0.3, -0.25) is 0 Å². The predicted octanol–water partition coefficient (Wildman–Crippen LogP) is 1.98. The monoisotopic (exact) mass is 301 g/mol. The Hall–Kier alpha value is -2.16. The van der Waals surface area contributed by atoms with Crippen LogP contribution in [0.15, 0.2) is 9.53 Å². The van der Waals surface area contributed by atoms with Crippen LogP contribution >= 0.6 is 23.2 Å². The molecule has 0 bridgehead atoms. The van der Waals surface area contributed by atoms with Crippen LogP contribution in [0.25, 0.3) is 10.4 Å². The van der Waals surface area contributed by atoms with E-state index in [-0.39, 0.29) is 41.4 Å². The summed E-state index contributed by atoms with van der Waals surface area (Å²) in [4.78, 5) is 13.8. The third-order valence-electron chi connectivity index (χ3n) is 1.76. The lowest BCUT2D eigenvalue weighted by Gasteiger charge is -2.01. The van der Waals surface area contributed by atoms with Crippen LogP contribution < -0.4 is 5.32 Å². The van der Waals surface area contributed by atoms with Crippen molar-refractivity contribution in [3.05, 3.63) is 32.8 Å². The van der Waals surface area contributed by atoms with Crippen LogP contribution in [0.3, 0.4) is 0 Å². The highest BCUT2D eigenvalue weighted by atomic mass is 35.5. The van der Waals surface area contributed by atoms with Crippen molar-refractivity contribution in [2.75, 3.05) is 5.32 Å². The van der Waals surface area contributed by atoms with Gasteiger partial charge >= 0.3 is 0 Å². The number of nitrogens with zero attached hydrogens (tertiary/aromatic N) is 8. The summed E-state index contributed by atoms with van der Waals surface area (Å²) < 4.78 is 5.18. The molecule has 19 heavy (non-hydrogen) atoms. The van der Waals surface area contributed by atoms with E-state index in [2.05, 4.69) is 40.5 Å². The Labute approximate surface area is 115 Å². The Morgan fingerprint density at radius 2 is 1.84 bits per heavy atom. The number of rotatable bonds is 5. The second kappa shape index (κ2) is 6.14. The lowest BCUT2D eigenvalue weighted by Crippen LogP contribution is -2.05. The van der Waals surface area contributed by atoms with Crippen molar-refractivity contribution in [2.24, 2.45) is 5.11 Å². The highest BCUT2D eigenvalue weighted by Crippen LogP contribution is 2.10. The molecule has 2 aromatic heterocycles. The summed E-state index contributed by atoms with van der Waals surface area (Å²) >= 11 is 11.2. The summed E-state index contributed by atoms with van der Waals surface area (Å²) in [5, 5.41) is 13.4. The Morgan fingerprint density at radius 1 is 1.16 bits per heavy atom. The van der Waals surface area contributed by atoms with Crippen molar-refractivity contribution in [1.82, 2.24) is 25.1 Å². The molecule has 0 spiro atoms. The molecule has 0 saturated heterocycles. The van der Waals surface area contributed by atoms with E-state index in [4.69, 9.17) is 33.2 Å². The molecule has 0 atom stereocenters. The van der Waals surface area contributed by atoms with Gasteiger partial charge in [-0.15, -0.1) is 10.2 Å². The Kier molecular flexibility index (Phi) is 4.29. The number of azide groups is 1. The summed E-state index contributed by atoms with van der Waals surface area (Å²) in [6.07, 6.45) is 0. The van der Waals surface area contributed by atoms with Crippen LogP contribution in [-0.2, 0) is 13.1 Å². The fourth-order valence-electron chi connectivity index (χ4n) is 1.08. The second-order valence-corrected chi connectivity index (χ2v) is 3.71. The topological polar surface area (TPSA) is 138 Å². The number of nitrogens with one attached hydrogen (secondary N) is 1. The van der Waals surface area contributed by atoms with E-state index in [1.54, 1.807) is 0 Å². The van der Waals surface area contributed by atoms with Gasteiger partial charge in [0, 0.05) is 4.91 Å². The largest absolute Gasteiger partial charge is 0.423 e. The molecule has 2 rings (SSSR count). The lowest BCUT2D eigenvalue weighted by molar-refractivity contribution is 0.457. The molecule has 0 aliphatic carbocycles. The van der Waals surface area contributed by atoms with E-state index in [1.807, 2.05) is 0 Å². The molecule has 0 fully saturated rings. The molecule has 0 saturated carbocycles. The SMILES string of the molecule is [N-]=[N+]=NCc1nnc(CNc2nc(Cl)nc(Cl)n2)o1. The van der Waals surface area contributed by atoms with Crippen molar-refractivity contribution in [3.63, 3.8) is 0 Å². The van der Waals surface area contributed by atoms with Crippen molar-refractivity contribution in [1.29, 1.82) is 0 Å². The van der Waals surface area contributed by atoms with Gasteiger partial charge in [0.25, 0.3) is 0 Å². The van der Waals surface area contributed by atoms with Crippen LogP contribution in [0.5, 0.6) is 0 Å². The van der Waals surface area contributed by atoms with Gasteiger partial charge in [-0.05, 0) is 28.7 Å². The minimum absolute atomic E-state index is 0.00703. The van der Waals surface area contributed by atoms with Crippen molar-refractivity contribution >= 4 is 29.2 Å². The minimum atomic E-state index is -0.0305. The molecule has 2 heterocycles. The van der Waals surface area contributed by atoms with Gasteiger partial charge in [0.15, 0.2) is 0 Å². The summed E-state index contributed by atoms with van der Waals surface area (Å²) in [5.41, 5.74) is 8.15. The molecule has 98 valence electrons. The Bertz CT molecular complexity index is 603. The molecule has 0 radical (unpaired) electrons. The first-order chi connectivity index (χ1) is 9.17. The molecule has 10 nitrogen and oxygen atoms in total. The number of aromatic nitrogens is 5. The maximum Gasteiger partial charge on any atom is 0.235 e. The molecular weight excluding hydrogens is 297 g/mol. The van der Waals surface area contributed by atoms with Crippen LogP contribution in [0, 0.1) is 0 Å². The molecule has 2 aromatic rings. The minimum Gasteiger partial charge on any atom is -0.423 e. The number of halogens is 2. The normalized spacial score (nSPS) is 10.0. The highest BCUT2D eigenvalue weighted by Gasteiger charge is 2.07. The average molecular weight is 302 g/mol. The van der Waals surface area contributed by atoms with Gasteiger partial charge in [-0.2, -0.15) is 15.0 Å². The molecule has 0 aromatic carbocycles. The highest BCUT2D eigenvalue weighted by molar-refractivity contribution is 6.31. The van der Waals surface area contributed by atoms with Crippen LogP contribution in [0.4, 0.5) is 5.95 Å². The third kappa shape index (κ3) is 3.91. The molecule has 1 N–H and O–H groups in total. The van der Waals surface area contributed by atoms with Crippen molar-refractivity contribution in [2.45, 2.75) is 13.1 Å². The zero-order chi connectivity index (χ0) is 13.7. The molecular formula is C7H5Cl2N9O. The van der Waals surface area contributed by atoms with E-state index < -0.39 is 0 Å². The molecule has 0 aliphatic rings. The first kappa shape index (κ1) is 13.3. The summed E-state index contributed by atoms with van der Waals surface area (Å²) in [6, 6.07) is 0. The van der Waals surface area contributed by atoms with Gasteiger partial charge in [0.05, 0.1) is 6.54 Å². The van der Waals surface area contributed by atoms with Crippen molar-refractivity contribution < 1.29 is 4.42 Å². The smallest absolute Gasteiger partial charge is 0.235 e. The zero-order valence-corrected chi connectivity index (χ0v) is 10.7. The van der Waals surface area contributed by atoms with Gasteiger partial charge in [-0.25, -0.2) is 0 Å². The van der Waals surface area contributed by atoms with E-state index in [0.717, 1.165) is 0 Å². The van der Waals surface area contributed by atoms with Crippen LogP contribution in [0.1, 0.15) is 11.8 Å². The zero-order valence-electron chi connectivity index (χ0n) is 9.16. The lowest BCUT2D eigenvalue weighted by atomic mass is 10.6. The summed E-state index contributed by atoms with van der Waals surface area (Å²) in [5.74, 6) is 0.664. The van der Waals surface area contributed by atoms with Gasteiger partial charge in [-0.1, -0.05) is 5.11 Å².